The maximum atomic E-state index is 6.07. The van der Waals surface area contributed by atoms with Gasteiger partial charge in [0.15, 0.2) is 0 Å². The highest BCUT2D eigenvalue weighted by Gasteiger charge is 2.18. The molecule has 74 valence electrons. The normalized spacial score (nSPS) is 14.5. The lowest BCUT2D eigenvalue weighted by Crippen LogP contribution is -2.21. The lowest BCUT2D eigenvalue weighted by atomic mass is 9.87. The van der Waals surface area contributed by atoms with Crippen molar-refractivity contribution in [1.29, 1.82) is 0 Å². The van der Waals surface area contributed by atoms with Crippen LogP contribution in [0.3, 0.4) is 0 Å². The van der Waals surface area contributed by atoms with Crippen molar-refractivity contribution < 1.29 is 0 Å². The molecule has 0 amide bonds. The van der Waals surface area contributed by atoms with E-state index in [9.17, 15) is 0 Å². The minimum Gasteiger partial charge on any atom is -0.323 e. The van der Waals surface area contributed by atoms with Gasteiger partial charge >= 0.3 is 0 Å². The topological polar surface area (TPSA) is 43.8 Å². The highest BCUT2D eigenvalue weighted by atomic mass is 15.3. The summed E-state index contributed by atoms with van der Waals surface area (Å²) >= 11 is 0. The van der Waals surface area contributed by atoms with E-state index in [0.717, 1.165) is 12.1 Å². The predicted molar refractivity (Wildman–Crippen MR) is 54.2 cm³/mol. The van der Waals surface area contributed by atoms with E-state index in [1.807, 2.05) is 17.8 Å². The van der Waals surface area contributed by atoms with E-state index in [4.69, 9.17) is 5.73 Å². The van der Waals surface area contributed by atoms with Crippen LogP contribution in [0.1, 0.15) is 38.9 Å². The van der Waals surface area contributed by atoms with Crippen molar-refractivity contribution in [3.63, 3.8) is 0 Å². The fraction of sp³-hybridized carbons (Fsp3) is 0.700. The summed E-state index contributed by atoms with van der Waals surface area (Å²) in [6.07, 6.45) is 2.77. The van der Waals surface area contributed by atoms with Gasteiger partial charge in [-0.15, -0.1) is 0 Å². The maximum absolute atomic E-state index is 6.07. The molecule has 0 radical (unpaired) electrons. The molecular weight excluding hydrogens is 162 g/mol. The summed E-state index contributed by atoms with van der Waals surface area (Å²) in [6, 6.07) is 2.07. The van der Waals surface area contributed by atoms with Crippen LogP contribution in [0.25, 0.3) is 0 Å². The fourth-order valence-electron chi connectivity index (χ4n) is 1.51. The molecule has 0 fully saturated rings. The Morgan fingerprint density at radius 3 is 2.54 bits per heavy atom. The number of nitrogens with two attached hydrogens (primary N) is 1. The molecule has 1 rings (SSSR count). The second kappa shape index (κ2) is 3.50. The fourth-order valence-corrected chi connectivity index (χ4v) is 1.51. The predicted octanol–water partition coefficient (Wildman–Crippen LogP) is 1.86. The second-order valence-electron chi connectivity index (χ2n) is 4.75. The van der Waals surface area contributed by atoms with Crippen molar-refractivity contribution in [3.8, 4) is 0 Å². The molecule has 3 heteroatoms. The largest absolute Gasteiger partial charge is 0.323 e. The first kappa shape index (κ1) is 10.3. The summed E-state index contributed by atoms with van der Waals surface area (Å²) in [5.74, 6) is 0. The van der Waals surface area contributed by atoms with Crippen LogP contribution in [0.15, 0.2) is 12.3 Å². The molecule has 2 N–H and O–H groups in total. The molecule has 0 aliphatic carbocycles. The molecule has 0 saturated heterocycles. The lowest BCUT2D eigenvalue weighted by molar-refractivity contribution is 0.336. The van der Waals surface area contributed by atoms with Gasteiger partial charge in [-0.3, -0.25) is 4.68 Å². The molecule has 0 spiro atoms. The Labute approximate surface area is 79.9 Å². The molecule has 0 saturated carbocycles. The van der Waals surface area contributed by atoms with Crippen LogP contribution in [0.4, 0.5) is 0 Å². The van der Waals surface area contributed by atoms with Crippen molar-refractivity contribution in [2.75, 3.05) is 0 Å². The van der Waals surface area contributed by atoms with Crippen molar-refractivity contribution in [2.45, 2.75) is 33.2 Å². The number of aryl methyl sites for hydroxylation is 1. The maximum Gasteiger partial charge on any atom is 0.0548 e. The number of rotatable bonds is 2. The Balaban J connectivity index is 2.69. The Morgan fingerprint density at radius 1 is 1.54 bits per heavy atom. The first-order valence-corrected chi connectivity index (χ1v) is 4.63. The van der Waals surface area contributed by atoms with Gasteiger partial charge in [0.25, 0.3) is 0 Å². The number of aromatic nitrogens is 2. The van der Waals surface area contributed by atoms with E-state index in [0.29, 0.717) is 0 Å². The Morgan fingerprint density at radius 2 is 2.15 bits per heavy atom. The molecule has 0 bridgehead atoms. The van der Waals surface area contributed by atoms with E-state index in [1.54, 1.807) is 6.20 Å². The average Bonchev–Trinajstić information content (AvgIpc) is 2.30. The molecule has 13 heavy (non-hydrogen) atoms. The lowest BCUT2D eigenvalue weighted by Gasteiger charge is -2.23. The SMILES string of the molecule is Cn1nccc1C(N)CC(C)(C)C. The zero-order valence-electron chi connectivity index (χ0n) is 8.91. The smallest absolute Gasteiger partial charge is 0.0548 e. The number of hydrogen-bond donors (Lipinski definition) is 1. The summed E-state index contributed by atoms with van der Waals surface area (Å²) < 4.78 is 1.84. The second-order valence-corrected chi connectivity index (χ2v) is 4.75. The van der Waals surface area contributed by atoms with Crippen LogP contribution in [-0.4, -0.2) is 9.78 Å². The molecule has 1 heterocycles. The molecule has 0 aromatic carbocycles. The molecule has 1 aromatic rings. The van der Waals surface area contributed by atoms with E-state index in [1.165, 1.54) is 0 Å². The highest BCUT2D eigenvalue weighted by Crippen LogP contribution is 2.26. The highest BCUT2D eigenvalue weighted by molar-refractivity contribution is 5.06. The Bertz CT molecular complexity index is 270. The summed E-state index contributed by atoms with van der Waals surface area (Å²) in [6.45, 7) is 6.59. The van der Waals surface area contributed by atoms with Crippen molar-refractivity contribution >= 4 is 0 Å². The van der Waals surface area contributed by atoms with Gasteiger partial charge in [0.05, 0.1) is 5.69 Å². The van der Waals surface area contributed by atoms with Gasteiger partial charge in [-0.1, -0.05) is 20.8 Å². The number of nitrogens with zero attached hydrogens (tertiary/aromatic N) is 2. The third kappa shape index (κ3) is 2.84. The average molecular weight is 181 g/mol. The third-order valence-corrected chi connectivity index (χ3v) is 2.07. The zero-order valence-corrected chi connectivity index (χ0v) is 8.91. The van der Waals surface area contributed by atoms with E-state index in [2.05, 4.69) is 25.9 Å². The molecule has 1 unspecified atom stereocenters. The van der Waals surface area contributed by atoms with E-state index >= 15 is 0 Å². The molecule has 1 aromatic heterocycles. The van der Waals surface area contributed by atoms with Crippen molar-refractivity contribution in [2.24, 2.45) is 18.2 Å². The van der Waals surface area contributed by atoms with Gasteiger partial charge in [0.1, 0.15) is 0 Å². The van der Waals surface area contributed by atoms with Crippen molar-refractivity contribution in [1.82, 2.24) is 9.78 Å². The number of hydrogen-bond acceptors (Lipinski definition) is 2. The minimum atomic E-state index is 0.0903. The van der Waals surface area contributed by atoms with Gasteiger partial charge in [-0.25, -0.2) is 0 Å². The molecule has 0 aliphatic rings. The first-order chi connectivity index (χ1) is 5.90. The monoisotopic (exact) mass is 181 g/mol. The van der Waals surface area contributed by atoms with Gasteiger partial charge in [-0.2, -0.15) is 5.10 Å². The van der Waals surface area contributed by atoms with Gasteiger partial charge < -0.3 is 5.73 Å². The quantitative estimate of drug-likeness (QED) is 0.756. The van der Waals surface area contributed by atoms with Crippen LogP contribution in [-0.2, 0) is 7.05 Å². The van der Waals surface area contributed by atoms with Crippen molar-refractivity contribution in [3.05, 3.63) is 18.0 Å². The van der Waals surface area contributed by atoms with Crippen LogP contribution >= 0.6 is 0 Å². The summed E-state index contributed by atoms with van der Waals surface area (Å²) in [7, 11) is 1.93. The molecular formula is C10H19N3. The Kier molecular flexibility index (Phi) is 2.76. The van der Waals surface area contributed by atoms with E-state index in [-0.39, 0.29) is 11.5 Å². The van der Waals surface area contributed by atoms with Crippen LogP contribution < -0.4 is 5.73 Å². The van der Waals surface area contributed by atoms with Gasteiger partial charge in [0, 0.05) is 19.3 Å². The minimum absolute atomic E-state index is 0.0903. The standard InChI is InChI=1S/C10H19N3/c1-10(2,3)7-8(11)9-5-6-12-13(9)4/h5-6,8H,7,11H2,1-4H3. The van der Waals surface area contributed by atoms with Gasteiger partial charge in [-0.05, 0) is 17.9 Å². The third-order valence-electron chi connectivity index (χ3n) is 2.07. The van der Waals surface area contributed by atoms with Crippen LogP contribution in [0, 0.1) is 5.41 Å². The van der Waals surface area contributed by atoms with Crippen LogP contribution in [0.5, 0.6) is 0 Å². The zero-order chi connectivity index (χ0) is 10.1. The molecule has 1 atom stereocenters. The summed E-state index contributed by atoms with van der Waals surface area (Å²) in [5, 5.41) is 4.10. The molecule has 0 aliphatic heterocycles. The summed E-state index contributed by atoms with van der Waals surface area (Å²) in [5.41, 5.74) is 7.44. The first-order valence-electron chi connectivity index (χ1n) is 4.63. The van der Waals surface area contributed by atoms with Crippen LogP contribution in [0.2, 0.25) is 0 Å². The Hall–Kier alpha value is -0.830. The summed E-state index contributed by atoms with van der Waals surface area (Å²) in [4.78, 5) is 0. The van der Waals surface area contributed by atoms with E-state index < -0.39 is 0 Å². The molecule has 3 nitrogen and oxygen atoms in total. The van der Waals surface area contributed by atoms with Gasteiger partial charge in [0.2, 0.25) is 0 Å².